The van der Waals surface area contributed by atoms with Gasteiger partial charge in [0.25, 0.3) is 0 Å². The molecule has 1 aromatic heterocycles. The number of benzene rings is 2. The van der Waals surface area contributed by atoms with Gasteiger partial charge in [0.1, 0.15) is 17.5 Å². The standard InChI is InChI=1S/C21H23N3O3S/c1-13(22-19(26)21(2,3)4)18(25)24-20-23-16-11-10-15(12-17(16)28-20)27-14-8-6-5-7-9-14/h5-13H,1-4H3,(H,22,26)(H,23,24,25)/t13-/m1/s1. The molecule has 6 nitrogen and oxygen atoms in total. The molecule has 2 amide bonds. The van der Waals surface area contributed by atoms with E-state index in [0.717, 1.165) is 16.0 Å². The SMILES string of the molecule is C[C@@H](NC(=O)C(C)(C)C)C(=O)Nc1nc2ccc(Oc3ccccc3)cc2s1. The number of para-hydroxylation sites is 1. The molecule has 1 atom stereocenters. The van der Waals surface area contributed by atoms with E-state index in [1.54, 1.807) is 27.7 Å². The van der Waals surface area contributed by atoms with Crippen molar-refractivity contribution in [2.24, 2.45) is 5.41 Å². The van der Waals surface area contributed by atoms with Gasteiger partial charge in [0.2, 0.25) is 11.8 Å². The van der Waals surface area contributed by atoms with Crippen LogP contribution in [0.15, 0.2) is 48.5 Å². The summed E-state index contributed by atoms with van der Waals surface area (Å²) in [6.07, 6.45) is 0. The fraction of sp³-hybridized carbons (Fsp3) is 0.286. The van der Waals surface area contributed by atoms with Crippen LogP contribution in [-0.2, 0) is 9.59 Å². The first-order chi connectivity index (χ1) is 13.2. The lowest BCUT2D eigenvalue weighted by atomic mass is 9.95. The molecule has 7 heteroatoms. The van der Waals surface area contributed by atoms with Gasteiger partial charge < -0.3 is 15.4 Å². The zero-order valence-corrected chi connectivity index (χ0v) is 17.1. The number of fused-ring (bicyclic) bond motifs is 1. The molecule has 28 heavy (non-hydrogen) atoms. The molecular weight excluding hydrogens is 374 g/mol. The molecule has 3 aromatic rings. The molecule has 0 fully saturated rings. The molecule has 0 radical (unpaired) electrons. The highest BCUT2D eigenvalue weighted by Crippen LogP contribution is 2.31. The first-order valence-electron chi connectivity index (χ1n) is 8.98. The number of nitrogens with zero attached hydrogens (tertiary/aromatic N) is 1. The van der Waals surface area contributed by atoms with E-state index >= 15 is 0 Å². The van der Waals surface area contributed by atoms with Gasteiger partial charge in [0, 0.05) is 11.5 Å². The Hall–Kier alpha value is -2.93. The first-order valence-corrected chi connectivity index (χ1v) is 9.79. The predicted molar refractivity (Wildman–Crippen MR) is 112 cm³/mol. The van der Waals surface area contributed by atoms with Crippen LogP contribution in [0.5, 0.6) is 11.5 Å². The van der Waals surface area contributed by atoms with Crippen LogP contribution in [0.25, 0.3) is 10.2 Å². The third kappa shape index (κ3) is 4.86. The summed E-state index contributed by atoms with van der Waals surface area (Å²) in [6.45, 7) is 7.05. The van der Waals surface area contributed by atoms with Gasteiger partial charge in [-0.1, -0.05) is 50.3 Å². The Balaban J connectivity index is 1.68. The van der Waals surface area contributed by atoms with Crippen molar-refractivity contribution < 1.29 is 14.3 Å². The van der Waals surface area contributed by atoms with Gasteiger partial charge in [0.15, 0.2) is 5.13 Å². The summed E-state index contributed by atoms with van der Waals surface area (Å²) < 4.78 is 6.73. The van der Waals surface area contributed by atoms with Crippen LogP contribution >= 0.6 is 11.3 Å². The van der Waals surface area contributed by atoms with Gasteiger partial charge >= 0.3 is 0 Å². The van der Waals surface area contributed by atoms with Crippen molar-refractivity contribution in [2.75, 3.05) is 5.32 Å². The molecule has 0 unspecified atom stereocenters. The highest BCUT2D eigenvalue weighted by molar-refractivity contribution is 7.22. The van der Waals surface area contributed by atoms with Gasteiger partial charge in [0.05, 0.1) is 10.2 Å². The Labute approximate surface area is 167 Å². The Morgan fingerprint density at radius 2 is 1.79 bits per heavy atom. The average molecular weight is 398 g/mol. The van der Waals surface area contributed by atoms with E-state index in [2.05, 4.69) is 15.6 Å². The number of hydrogen-bond acceptors (Lipinski definition) is 5. The molecule has 0 aliphatic heterocycles. The Morgan fingerprint density at radius 1 is 1.07 bits per heavy atom. The second-order valence-corrected chi connectivity index (χ2v) is 8.53. The molecular formula is C21H23N3O3S. The van der Waals surface area contributed by atoms with Crippen molar-refractivity contribution >= 4 is 38.5 Å². The topological polar surface area (TPSA) is 80.3 Å². The summed E-state index contributed by atoms with van der Waals surface area (Å²) >= 11 is 1.36. The lowest BCUT2D eigenvalue weighted by Gasteiger charge is -2.21. The molecule has 146 valence electrons. The lowest BCUT2D eigenvalue weighted by Crippen LogP contribution is -2.46. The van der Waals surface area contributed by atoms with E-state index in [-0.39, 0.29) is 11.8 Å². The van der Waals surface area contributed by atoms with Gasteiger partial charge in [-0.25, -0.2) is 4.98 Å². The van der Waals surface area contributed by atoms with E-state index in [9.17, 15) is 9.59 Å². The molecule has 3 rings (SSSR count). The maximum atomic E-state index is 12.4. The number of hydrogen-bond donors (Lipinski definition) is 2. The normalized spacial score (nSPS) is 12.4. The molecule has 1 heterocycles. The average Bonchev–Trinajstić information content (AvgIpc) is 3.03. The van der Waals surface area contributed by atoms with E-state index < -0.39 is 11.5 Å². The Morgan fingerprint density at radius 3 is 2.46 bits per heavy atom. The quantitative estimate of drug-likeness (QED) is 0.660. The minimum atomic E-state index is -0.657. The summed E-state index contributed by atoms with van der Waals surface area (Å²) in [5.74, 6) is 0.967. The third-order valence-electron chi connectivity index (χ3n) is 3.99. The van der Waals surface area contributed by atoms with Crippen LogP contribution in [0.4, 0.5) is 5.13 Å². The molecule has 2 N–H and O–H groups in total. The number of aromatic nitrogens is 1. The van der Waals surface area contributed by atoms with E-state index in [1.807, 2.05) is 48.5 Å². The van der Waals surface area contributed by atoms with Gasteiger partial charge in [-0.15, -0.1) is 0 Å². The number of nitrogens with one attached hydrogen (secondary N) is 2. The Bertz CT molecular complexity index is 993. The number of ether oxygens (including phenoxy) is 1. The summed E-state index contributed by atoms with van der Waals surface area (Å²) in [7, 11) is 0. The summed E-state index contributed by atoms with van der Waals surface area (Å²) in [5, 5.41) is 5.97. The van der Waals surface area contributed by atoms with Crippen molar-refractivity contribution in [3.8, 4) is 11.5 Å². The third-order valence-corrected chi connectivity index (χ3v) is 4.92. The zero-order valence-electron chi connectivity index (χ0n) is 16.3. The molecule has 0 saturated carbocycles. The fourth-order valence-electron chi connectivity index (χ4n) is 2.34. The van der Waals surface area contributed by atoms with Crippen LogP contribution < -0.4 is 15.4 Å². The maximum Gasteiger partial charge on any atom is 0.248 e. The van der Waals surface area contributed by atoms with Crippen LogP contribution in [0.2, 0.25) is 0 Å². The Kier molecular flexibility index (Phi) is 5.65. The van der Waals surface area contributed by atoms with Crippen LogP contribution in [-0.4, -0.2) is 22.8 Å². The van der Waals surface area contributed by atoms with Gasteiger partial charge in [-0.3, -0.25) is 9.59 Å². The number of rotatable bonds is 5. The van der Waals surface area contributed by atoms with Crippen molar-refractivity contribution in [3.05, 3.63) is 48.5 Å². The molecule has 0 aliphatic carbocycles. The summed E-state index contributed by atoms with van der Waals surface area (Å²) in [5.41, 5.74) is 0.214. The largest absolute Gasteiger partial charge is 0.457 e. The van der Waals surface area contributed by atoms with Crippen LogP contribution in [0.1, 0.15) is 27.7 Å². The second-order valence-electron chi connectivity index (χ2n) is 7.50. The maximum absolute atomic E-state index is 12.4. The van der Waals surface area contributed by atoms with E-state index in [1.165, 1.54) is 11.3 Å². The van der Waals surface area contributed by atoms with Crippen molar-refractivity contribution in [1.29, 1.82) is 0 Å². The smallest absolute Gasteiger partial charge is 0.248 e. The fourth-order valence-corrected chi connectivity index (χ4v) is 3.24. The molecule has 0 spiro atoms. The first kappa shape index (κ1) is 19.8. The molecule has 0 aliphatic rings. The highest BCUT2D eigenvalue weighted by Gasteiger charge is 2.25. The van der Waals surface area contributed by atoms with Gasteiger partial charge in [-0.05, 0) is 31.2 Å². The van der Waals surface area contributed by atoms with Crippen molar-refractivity contribution in [1.82, 2.24) is 10.3 Å². The second kappa shape index (κ2) is 7.98. The van der Waals surface area contributed by atoms with Crippen molar-refractivity contribution in [3.63, 3.8) is 0 Å². The van der Waals surface area contributed by atoms with Gasteiger partial charge in [-0.2, -0.15) is 0 Å². The van der Waals surface area contributed by atoms with Crippen LogP contribution in [0.3, 0.4) is 0 Å². The zero-order chi connectivity index (χ0) is 20.3. The predicted octanol–water partition coefficient (Wildman–Crippen LogP) is 4.58. The number of carbonyl (C=O) groups excluding carboxylic acids is 2. The molecule has 2 aromatic carbocycles. The van der Waals surface area contributed by atoms with E-state index in [0.29, 0.717) is 10.9 Å². The molecule has 0 bridgehead atoms. The highest BCUT2D eigenvalue weighted by atomic mass is 32.1. The number of carbonyl (C=O) groups is 2. The van der Waals surface area contributed by atoms with Crippen molar-refractivity contribution in [2.45, 2.75) is 33.7 Å². The lowest BCUT2D eigenvalue weighted by molar-refractivity contribution is -0.131. The summed E-state index contributed by atoms with van der Waals surface area (Å²) in [4.78, 5) is 28.8. The minimum Gasteiger partial charge on any atom is -0.457 e. The number of thiazole rings is 1. The van der Waals surface area contributed by atoms with Crippen LogP contribution in [0, 0.1) is 5.41 Å². The van der Waals surface area contributed by atoms with E-state index in [4.69, 9.17) is 4.74 Å². The monoisotopic (exact) mass is 397 g/mol. The molecule has 0 saturated heterocycles. The number of anilines is 1. The summed E-state index contributed by atoms with van der Waals surface area (Å²) in [6, 6.07) is 14.4. The minimum absolute atomic E-state index is 0.179. The number of amides is 2.